The first kappa shape index (κ1) is 18.8. The van der Waals surface area contributed by atoms with Gasteiger partial charge in [0, 0.05) is 28.3 Å². The van der Waals surface area contributed by atoms with Crippen molar-refractivity contribution in [3.05, 3.63) is 53.7 Å². The number of fused-ring (bicyclic) bond motifs is 2. The zero-order valence-electron chi connectivity index (χ0n) is 15.8. The molecule has 4 aromatic rings. The highest BCUT2D eigenvalue weighted by atomic mass is 19.1. The van der Waals surface area contributed by atoms with E-state index in [4.69, 9.17) is 10.8 Å². The number of benzene rings is 1. The lowest BCUT2D eigenvalue weighted by Gasteiger charge is -2.17. The van der Waals surface area contributed by atoms with E-state index < -0.39 is 18.6 Å². The Morgan fingerprint density at radius 2 is 2.14 bits per heavy atom. The van der Waals surface area contributed by atoms with Gasteiger partial charge in [0.2, 0.25) is 5.91 Å². The third-order valence-electron chi connectivity index (χ3n) is 4.85. The highest BCUT2D eigenvalue weighted by molar-refractivity contribution is 5.87. The summed E-state index contributed by atoms with van der Waals surface area (Å²) in [5.41, 5.74) is 10.1. The molecular weight excluding hydrogens is 375 g/mol. The molecule has 1 aromatic carbocycles. The molecule has 0 aliphatic rings. The van der Waals surface area contributed by atoms with Gasteiger partial charge in [0.15, 0.2) is 5.65 Å². The Hall–Kier alpha value is -3.59. The highest BCUT2D eigenvalue weighted by Gasteiger charge is 2.20. The van der Waals surface area contributed by atoms with Crippen molar-refractivity contribution >= 4 is 28.3 Å². The number of amides is 1. The molecule has 0 radical (unpaired) electrons. The maximum absolute atomic E-state index is 13.6. The van der Waals surface area contributed by atoms with Crippen LogP contribution >= 0.6 is 0 Å². The molecule has 0 saturated carbocycles. The lowest BCUT2D eigenvalue weighted by Crippen LogP contribution is -2.30. The van der Waals surface area contributed by atoms with E-state index >= 15 is 0 Å². The first-order valence-electron chi connectivity index (χ1n) is 8.98. The van der Waals surface area contributed by atoms with Gasteiger partial charge < -0.3 is 16.2 Å². The monoisotopic (exact) mass is 394 g/mol. The van der Waals surface area contributed by atoms with Gasteiger partial charge in [-0.1, -0.05) is 0 Å². The van der Waals surface area contributed by atoms with Crippen LogP contribution in [0.3, 0.4) is 0 Å². The Kier molecular flexibility index (Phi) is 4.59. The van der Waals surface area contributed by atoms with E-state index in [9.17, 15) is 9.18 Å². The molecular formula is C20H19FN6O2. The molecule has 148 valence electrons. The second-order valence-corrected chi connectivity index (χ2v) is 6.81. The zero-order chi connectivity index (χ0) is 20.7. The van der Waals surface area contributed by atoms with Crippen molar-refractivity contribution in [2.45, 2.75) is 19.9 Å². The lowest BCUT2D eigenvalue weighted by atomic mass is 10.1. The summed E-state index contributed by atoms with van der Waals surface area (Å²) in [5, 5.41) is 16.6. The largest absolute Gasteiger partial charge is 0.387 e. The molecule has 1 amide bonds. The smallest absolute Gasteiger partial charge is 0.246 e. The Morgan fingerprint density at radius 1 is 1.34 bits per heavy atom. The van der Waals surface area contributed by atoms with E-state index in [0.29, 0.717) is 44.8 Å². The molecule has 29 heavy (non-hydrogen) atoms. The molecule has 0 bridgehead atoms. The second-order valence-electron chi connectivity index (χ2n) is 6.81. The van der Waals surface area contributed by atoms with Crippen molar-refractivity contribution in [1.82, 2.24) is 24.9 Å². The summed E-state index contributed by atoms with van der Waals surface area (Å²) in [6.45, 7) is 2.94. The van der Waals surface area contributed by atoms with Gasteiger partial charge in [-0.2, -0.15) is 9.61 Å². The Balaban J connectivity index is 1.87. The van der Waals surface area contributed by atoms with E-state index in [1.54, 1.807) is 32.3 Å². The van der Waals surface area contributed by atoms with Crippen LogP contribution in [0.4, 0.5) is 10.2 Å². The molecule has 4 rings (SSSR count). The molecule has 0 fully saturated rings. The van der Waals surface area contributed by atoms with Gasteiger partial charge in [0.25, 0.3) is 0 Å². The summed E-state index contributed by atoms with van der Waals surface area (Å²) in [6, 6.07) is 5.75. The average molecular weight is 394 g/mol. The zero-order valence-corrected chi connectivity index (χ0v) is 15.8. The maximum atomic E-state index is 13.6. The van der Waals surface area contributed by atoms with Gasteiger partial charge in [0.05, 0.1) is 23.4 Å². The average Bonchev–Trinajstić information content (AvgIpc) is 3.13. The fourth-order valence-corrected chi connectivity index (χ4v) is 3.34. The summed E-state index contributed by atoms with van der Waals surface area (Å²) >= 11 is 0. The third kappa shape index (κ3) is 3.25. The molecule has 0 aliphatic carbocycles. The van der Waals surface area contributed by atoms with E-state index in [2.05, 4.69) is 20.4 Å². The number of halogens is 1. The first-order chi connectivity index (χ1) is 13.9. The number of rotatable bonds is 4. The second kappa shape index (κ2) is 7.10. The summed E-state index contributed by atoms with van der Waals surface area (Å²) < 4.78 is 15.1. The Labute approximate surface area is 165 Å². The molecule has 3 heterocycles. The highest BCUT2D eigenvalue weighted by Crippen LogP contribution is 2.30. The van der Waals surface area contributed by atoms with Gasteiger partial charge >= 0.3 is 0 Å². The summed E-state index contributed by atoms with van der Waals surface area (Å²) in [4.78, 5) is 20.6. The van der Waals surface area contributed by atoms with E-state index in [1.165, 1.54) is 16.6 Å². The fraction of sp³-hybridized carbons (Fsp3) is 0.200. The lowest BCUT2D eigenvalue weighted by molar-refractivity contribution is -0.124. The van der Waals surface area contributed by atoms with Crippen LogP contribution in [0, 0.1) is 12.7 Å². The number of aliphatic hydroxyl groups excluding tert-OH is 1. The van der Waals surface area contributed by atoms with Crippen molar-refractivity contribution in [1.29, 1.82) is 0 Å². The van der Waals surface area contributed by atoms with Crippen molar-refractivity contribution in [2.75, 3.05) is 12.3 Å². The molecule has 1 unspecified atom stereocenters. The minimum absolute atomic E-state index is 0.343. The fourth-order valence-electron chi connectivity index (χ4n) is 3.34. The summed E-state index contributed by atoms with van der Waals surface area (Å²) in [7, 11) is 0. The number of pyridine rings is 1. The molecule has 0 saturated heterocycles. The van der Waals surface area contributed by atoms with Gasteiger partial charge in [0.1, 0.15) is 18.2 Å². The van der Waals surface area contributed by atoms with Crippen molar-refractivity contribution in [3.8, 4) is 11.1 Å². The molecule has 1 atom stereocenters. The van der Waals surface area contributed by atoms with E-state index in [0.717, 1.165) is 0 Å². The van der Waals surface area contributed by atoms with Crippen LogP contribution in [0.2, 0.25) is 0 Å². The van der Waals surface area contributed by atoms with Crippen LogP contribution in [-0.2, 0) is 4.79 Å². The number of hydrogen-bond donors (Lipinski definition) is 3. The predicted octanol–water partition coefficient (Wildman–Crippen LogP) is 2.14. The van der Waals surface area contributed by atoms with Crippen molar-refractivity contribution < 1.29 is 14.3 Å². The van der Waals surface area contributed by atoms with E-state index in [-0.39, 0.29) is 5.82 Å². The number of nitrogen functional groups attached to an aromatic ring is 1. The van der Waals surface area contributed by atoms with Crippen molar-refractivity contribution in [2.24, 2.45) is 0 Å². The predicted molar refractivity (Wildman–Crippen MR) is 106 cm³/mol. The van der Waals surface area contributed by atoms with Crippen LogP contribution in [0.25, 0.3) is 27.7 Å². The van der Waals surface area contributed by atoms with Crippen LogP contribution in [-0.4, -0.2) is 37.2 Å². The number of aliphatic hydroxyl groups is 1. The van der Waals surface area contributed by atoms with E-state index in [1.807, 2.05) is 6.07 Å². The Morgan fingerprint density at radius 3 is 2.90 bits per heavy atom. The third-order valence-corrected chi connectivity index (χ3v) is 4.85. The summed E-state index contributed by atoms with van der Waals surface area (Å²) in [5.74, 6) is -0.460. The van der Waals surface area contributed by atoms with Crippen LogP contribution < -0.4 is 11.1 Å². The minimum Gasteiger partial charge on any atom is -0.387 e. The molecule has 0 spiro atoms. The summed E-state index contributed by atoms with van der Waals surface area (Å²) in [6.07, 6.45) is 3.30. The molecule has 4 N–H and O–H groups in total. The number of carbonyl (C=O) groups excluding carboxylic acids is 1. The molecule has 3 aromatic heterocycles. The number of aromatic nitrogens is 4. The molecule has 0 aliphatic heterocycles. The molecule has 8 nitrogen and oxygen atoms in total. The van der Waals surface area contributed by atoms with Gasteiger partial charge in [-0.3, -0.25) is 9.78 Å². The van der Waals surface area contributed by atoms with Crippen molar-refractivity contribution in [3.63, 3.8) is 0 Å². The van der Waals surface area contributed by atoms with Gasteiger partial charge in [-0.25, -0.2) is 9.37 Å². The van der Waals surface area contributed by atoms with Crippen LogP contribution in [0.5, 0.6) is 0 Å². The topological polar surface area (TPSA) is 118 Å². The van der Waals surface area contributed by atoms with Crippen LogP contribution in [0.15, 0.2) is 36.7 Å². The SMILES string of the molecule is Cc1c(C(C)NC(=O)CO)nc2c(-c3cnc4ccc(F)cc4c3)cnn2c1N. The number of carbonyl (C=O) groups is 1. The number of hydrogen-bond acceptors (Lipinski definition) is 6. The maximum Gasteiger partial charge on any atom is 0.246 e. The van der Waals surface area contributed by atoms with Crippen LogP contribution in [0.1, 0.15) is 24.2 Å². The Bertz CT molecular complexity index is 1250. The number of nitrogens with one attached hydrogen (secondary N) is 1. The normalized spacial score (nSPS) is 12.4. The number of anilines is 1. The first-order valence-corrected chi connectivity index (χ1v) is 8.98. The number of nitrogens with two attached hydrogens (primary N) is 1. The minimum atomic E-state index is -0.613. The standard InChI is InChI=1S/C20H19FN6O2/c1-10-18(11(2)25-17(29)9-28)26-20-15(8-24-27(20)19(10)22)13-5-12-6-14(21)3-4-16(12)23-7-13/h3-8,11,28H,9,22H2,1-2H3,(H,25,29). The van der Waals surface area contributed by atoms with Gasteiger partial charge in [-0.15, -0.1) is 0 Å². The molecule has 9 heteroatoms. The number of nitrogens with zero attached hydrogens (tertiary/aromatic N) is 4. The van der Waals surface area contributed by atoms with Gasteiger partial charge in [-0.05, 0) is 38.1 Å². The quantitative estimate of drug-likeness (QED) is 0.488.